The molecule has 2 heterocycles. The van der Waals surface area contributed by atoms with E-state index in [4.69, 9.17) is 16.3 Å². The summed E-state index contributed by atoms with van der Waals surface area (Å²) < 4.78 is 5.10. The van der Waals surface area contributed by atoms with Crippen molar-refractivity contribution in [3.05, 3.63) is 28.8 Å². The van der Waals surface area contributed by atoms with Crippen LogP contribution in [0.4, 0.5) is 5.69 Å². The van der Waals surface area contributed by atoms with Gasteiger partial charge in [0, 0.05) is 65.1 Å². The van der Waals surface area contributed by atoms with Gasteiger partial charge in [-0.1, -0.05) is 18.5 Å². The lowest BCUT2D eigenvalue weighted by Gasteiger charge is -2.35. The van der Waals surface area contributed by atoms with Crippen molar-refractivity contribution in [2.75, 3.05) is 58.8 Å². The molecule has 0 aromatic heterocycles. The summed E-state index contributed by atoms with van der Waals surface area (Å²) in [7, 11) is 3.24. The van der Waals surface area contributed by atoms with Gasteiger partial charge in [-0.2, -0.15) is 5.10 Å². The maximum absolute atomic E-state index is 13.0. The number of likely N-dealkylation sites (N-methyl/N-ethyl adjacent to an activating group) is 1. The molecule has 2 aliphatic heterocycles. The van der Waals surface area contributed by atoms with E-state index in [1.807, 2.05) is 6.92 Å². The fourth-order valence-corrected chi connectivity index (χ4v) is 4.26. The first-order chi connectivity index (χ1) is 17.4. The molecule has 36 heavy (non-hydrogen) atoms. The highest BCUT2D eigenvalue weighted by Gasteiger charge is 2.26. The number of nitrogens with zero attached hydrogens (tertiary/aromatic N) is 5. The molecule has 0 saturated carbocycles. The summed E-state index contributed by atoms with van der Waals surface area (Å²) >= 11 is 6.42. The maximum atomic E-state index is 13.0. The van der Waals surface area contributed by atoms with Gasteiger partial charge in [-0.15, -0.1) is 0 Å². The van der Waals surface area contributed by atoms with Gasteiger partial charge >= 0.3 is 0 Å². The van der Waals surface area contributed by atoms with Crippen molar-refractivity contribution in [3.8, 4) is 0 Å². The van der Waals surface area contributed by atoms with Crippen LogP contribution in [0.5, 0.6) is 0 Å². The molecule has 0 spiro atoms. The van der Waals surface area contributed by atoms with Gasteiger partial charge in [0.25, 0.3) is 11.8 Å². The number of hydrogen-bond acceptors (Lipinski definition) is 7. The van der Waals surface area contributed by atoms with Crippen LogP contribution < -0.4 is 10.6 Å². The number of rotatable bonds is 8. The number of hydrogen-bond donors (Lipinski definition) is 2. The number of amides is 3. The number of amidine groups is 1. The van der Waals surface area contributed by atoms with Gasteiger partial charge in [-0.05, 0) is 24.6 Å². The number of anilines is 1. The van der Waals surface area contributed by atoms with Crippen LogP contribution in [0.1, 0.15) is 36.5 Å². The molecular formula is C24H34ClN7O4. The van der Waals surface area contributed by atoms with E-state index in [0.29, 0.717) is 63.4 Å². The second kappa shape index (κ2) is 13.2. The standard InChI is InChI=1S/C24H34ClN7O4/c1-4-5-21(33)30-10-12-31(13-11-30)24(35)18-7-6-17(16-19(18)25)28-23(34)22(26-2)29-20-8-9-27-32(20)14-15-36-3/h6-7,9,16,20H,4-5,8,10-15H2,1-3H3,(H,26,29)(H,28,34). The normalized spacial score (nSPS) is 17.9. The molecule has 0 radical (unpaired) electrons. The number of methoxy groups -OCH3 is 1. The predicted octanol–water partition coefficient (Wildman–Crippen LogP) is 1.64. The minimum Gasteiger partial charge on any atom is -0.383 e. The second-order valence-electron chi connectivity index (χ2n) is 8.47. The molecule has 1 aromatic carbocycles. The third kappa shape index (κ3) is 6.94. The van der Waals surface area contributed by atoms with Crippen molar-refractivity contribution < 1.29 is 19.1 Å². The van der Waals surface area contributed by atoms with Crippen LogP contribution >= 0.6 is 11.6 Å². The lowest BCUT2D eigenvalue weighted by molar-refractivity contribution is -0.132. The Morgan fingerprint density at radius 1 is 1.19 bits per heavy atom. The van der Waals surface area contributed by atoms with Gasteiger partial charge in [0.05, 0.1) is 23.7 Å². The van der Waals surface area contributed by atoms with Crippen LogP contribution in [0.25, 0.3) is 0 Å². The first kappa shape index (κ1) is 27.4. The van der Waals surface area contributed by atoms with Crippen LogP contribution in [-0.4, -0.2) is 104 Å². The van der Waals surface area contributed by atoms with E-state index >= 15 is 0 Å². The first-order valence-electron chi connectivity index (χ1n) is 12.1. The Bertz CT molecular complexity index is 1010. The third-order valence-electron chi connectivity index (χ3n) is 5.99. The molecule has 11 nitrogen and oxygen atoms in total. The van der Waals surface area contributed by atoms with E-state index in [9.17, 15) is 14.4 Å². The average molecular weight is 520 g/mol. The van der Waals surface area contributed by atoms with Crippen molar-refractivity contribution in [3.63, 3.8) is 0 Å². The van der Waals surface area contributed by atoms with Gasteiger partial charge in [0.15, 0.2) is 5.84 Å². The van der Waals surface area contributed by atoms with E-state index in [1.54, 1.807) is 53.4 Å². The van der Waals surface area contributed by atoms with Gasteiger partial charge in [0.1, 0.15) is 6.17 Å². The Morgan fingerprint density at radius 3 is 2.56 bits per heavy atom. The highest BCUT2D eigenvalue weighted by atomic mass is 35.5. The largest absolute Gasteiger partial charge is 0.383 e. The average Bonchev–Trinajstić information content (AvgIpc) is 3.32. The Balaban J connectivity index is 1.60. The molecule has 12 heteroatoms. The summed E-state index contributed by atoms with van der Waals surface area (Å²) in [5.41, 5.74) is 0.792. The lowest BCUT2D eigenvalue weighted by atomic mass is 10.1. The molecule has 3 rings (SSSR count). The van der Waals surface area contributed by atoms with E-state index in [0.717, 1.165) is 6.42 Å². The van der Waals surface area contributed by atoms with Crippen LogP contribution in [-0.2, 0) is 14.3 Å². The molecule has 2 aliphatic rings. The topological polar surface area (TPSA) is 119 Å². The van der Waals surface area contributed by atoms with Crippen LogP contribution in [0.3, 0.4) is 0 Å². The number of ether oxygens (including phenoxy) is 1. The van der Waals surface area contributed by atoms with Crippen molar-refractivity contribution in [1.82, 2.24) is 20.1 Å². The highest BCUT2D eigenvalue weighted by molar-refractivity contribution is 6.42. The van der Waals surface area contributed by atoms with Gasteiger partial charge in [-0.3, -0.25) is 19.4 Å². The fraction of sp³-hybridized carbons (Fsp3) is 0.542. The van der Waals surface area contributed by atoms with Crippen molar-refractivity contribution in [2.24, 2.45) is 10.1 Å². The summed E-state index contributed by atoms with van der Waals surface area (Å²) in [6.45, 7) is 4.97. The molecule has 3 amide bonds. The summed E-state index contributed by atoms with van der Waals surface area (Å²) in [5, 5.41) is 11.9. The number of carbonyl (C=O) groups is 3. The SMILES string of the molecule is CCCC(=O)N1CCN(C(=O)c2ccc(NC(=O)C(=NC3CC=NN3CCOC)NC)cc2Cl)CC1. The van der Waals surface area contributed by atoms with Crippen LogP contribution in [0, 0.1) is 0 Å². The smallest absolute Gasteiger partial charge is 0.290 e. The molecule has 0 aliphatic carbocycles. The van der Waals surface area contributed by atoms with Gasteiger partial charge < -0.3 is 25.2 Å². The van der Waals surface area contributed by atoms with Gasteiger partial charge in [-0.25, -0.2) is 4.99 Å². The zero-order chi connectivity index (χ0) is 26.1. The first-order valence-corrected chi connectivity index (χ1v) is 12.5. The van der Waals surface area contributed by atoms with Crippen LogP contribution in [0.2, 0.25) is 5.02 Å². The fourth-order valence-electron chi connectivity index (χ4n) is 4.00. The molecule has 0 bridgehead atoms. The Hall–Kier alpha value is -3.18. The van der Waals surface area contributed by atoms with E-state index < -0.39 is 5.91 Å². The summed E-state index contributed by atoms with van der Waals surface area (Å²) in [4.78, 5) is 45.9. The number of halogens is 1. The number of aliphatic imine (C=N–C) groups is 1. The third-order valence-corrected chi connectivity index (χ3v) is 6.30. The monoisotopic (exact) mass is 519 g/mol. The second-order valence-corrected chi connectivity index (χ2v) is 8.88. The van der Waals surface area contributed by atoms with Crippen molar-refractivity contribution >= 4 is 47.1 Å². The zero-order valence-corrected chi connectivity index (χ0v) is 21.8. The molecule has 1 saturated heterocycles. The predicted molar refractivity (Wildman–Crippen MR) is 139 cm³/mol. The maximum Gasteiger partial charge on any atom is 0.290 e. The van der Waals surface area contributed by atoms with Gasteiger partial charge in [0.2, 0.25) is 5.91 Å². The minimum atomic E-state index is -0.431. The van der Waals surface area contributed by atoms with E-state index in [-0.39, 0.29) is 28.8 Å². The molecule has 1 fully saturated rings. The molecular weight excluding hydrogens is 486 g/mol. The lowest BCUT2D eigenvalue weighted by Crippen LogP contribution is -2.50. The summed E-state index contributed by atoms with van der Waals surface area (Å²) in [6, 6.07) is 4.78. The molecule has 196 valence electrons. The van der Waals surface area contributed by atoms with E-state index in [2.05, 4.69) is 20.7 Å². The van der Waals surface area contributed by atoms with Crippen LogP contribution in [0.15, 0.2) is 28.3 Å². The molecule has 1 unspecified atom stereocenters. The number of benzene rings is 1. The molecule has 1 aromatic rings. The van der Waals surface area contributed by atoms with E-state index in [1.165, 1.54) is 0 Å². The Morgan fingerprint density at radius 2 is 1.92 bits per heavy atom. The highest BCUT2D eigenvalue weighted by Crippen LogP contribution is 2.23. The number of hydrazone groups is 1. The molecule has 2 N–H and O–H groups in total. The quantitative estimate of drug-likeness (QED) is 0.398. The number of piperazine rings is 1. The number of nitrogens with one attached hydrogen (secondary N) is 2. The summed E-state index contributed by atoms with van der Waals surface area (Å²) in [5.74, 6) is -0.357. The molecule has 1 atom stereocenters. The minimum absolute atomic E-state index is 0.121. The van der Waals surface area contributed by atoms with Crippen molar-refractivity contribution in [1.29, 1.82) is 0 Å². The zero-order valence-electron chi connectivity index (χ0n) is 21.0. The van der Waals surface area contributed by atoms with Crippen molar-refractivity contribution in [2.45, 2.75) is 32.4 Å². The Kier molecular flexibility index (Phi) is 10.1. The number of carbonyl (C=O) groups excluding carboxylic acids is 3. The summed E-state index contributed by atoms with van der Waals surface area (Å²) in [6.07, 6.45) is 3.38. The Labute approximate surface area is 216 Å².